The standard InChI is InChI=1S/C12H11ClFNO2/c1-2-17-12(16)9(7-15)6-8-4-3-5-10(14)11(8)13/h3-5,9H,2,6H2,1H3. The van der Waals surface area contributed by atoms with Gasteiger partial charge in [-0.05, 0) is 18.6 Å². The van der Waals surface area contributed by atoms with Gasteiger partial charge in [0.05, 0.1) is 17.7 Å². The molecular weight excluding hydrogens is 245 g/mol. The summed E-state index contributed by atoms with van der Waals surface area (Å²) in [7, 11) is 0. The first-order chi connectivity index (χ1) is 8.10. The smallest absolute Gasteiger partial charge is 0.323 e. The van der Waals surface area contributed by atoms with Crippen molar-refractivity contribution in [1.82, 2.24) is 0 Å². The molecule has 0 N–H and O–H groups in total. The summed E-state index contributed by atoms with van der Waals surface area (Å²) in [5, 5.41) is 8.80. The zero-order valence-corrected chi connectivity index (χ0v) is 10.00. The van der Waals surface area contributed by atoms with Gasteiger partial charge in [0.1, 0.15) is 11.7 Å². The summed E-state index contributed by atoms with van der Waals surface area (Å²) in [4.78, 5) is 11.4. The van der Waals surface area contributed by atoms with Gasteiger partial charge in [0.15, 0.2) is 0 Å². The lowest BCUT2D eigenvalue weighted by Gasteiger charge is -2.09. The molecular formula is C12H11ClFNO2. The number of carbonyl (C=O) groups excluding carboxylic acids is 1. The van der Waals surface area contributed by atoms with E-state index in [4.69, 9.17) is 21.6 Å². The lowest BCUT2D eigenvalue weighted by atomic mass is 10.0. The molecule has 0 amide bonds. The van der Waals surface area contributed by atoms with Crippen LogP contribution in [0, 0.1) is 23.1 Å². The van der Waals surface area contributed by atoms with Crippen LogP contribution in [-0.2, 0) is 16.0 Å². The molecule has 0 fully saturated rings. The third-order valence-electron chi connectivity index (χ3n) is 2.18. The minimum Gasteiger partial charge on any atom is -0.465 e. The Bertz CT molecular complexity index is 456. The van der Waals surface area contributed by atoms with Gasteiger partial charge >= 0.3 is 5.97 Å². The zero-order valence-electron chi connectivity index (χ0n) is 9.24. The van der Waals surface area contributed by atoms with Crippen LogP contribution in [0.1, 0.15) is 12.5 Å². The van der Waals surface area contributed by atoms with Gasteiger partial charge in [-0.2, -0.15) is 5.26 Å². The largest absolute Gasteiger partial charge is 0.465 e. The number of nitriles is 1. The second kappa shape index (κ2) is 6.21. The van der Waals surface area contributed by atoms with Crippen molar-refractivity contribution in [3.05, 3.63) is 34.6 Å². The van der Waals surface area contributed by atoms with Crippen LogP contribution in [0.25, 0.3) is 0 Å². The van der Waals surface area contributed by atoms with Gasteiger partial charge in [-0.1, -0.05) is 23.7 Å². The van der Waals surface area contributed by atoms with Crippen molar-refractivity contribution in [2.45, 2.75) is 13.3 Å². The Morgan fingerprint density at radius 1 is 1.65 bits per heavy atom. The molecule has 1 rings (SSSR count). The topological polar surface area (TPSA) is 50.1 Å². The van der Waals surface area contributed by atoms with Crippen LogP contribution < -0.4 is 0 Å². The number of carbonyl (C=O) groups is 1. The average Bonchev–Trinajstić information content (AvgIpc) is 2.31. The van der Waals surface area contributed by atoms with Crippen molar-refractivity contribution in [2.24, 2.45) is 5.92 Å². The molecule has 0 aliphatic rings. The minimum absolute atomic E-state index is 0.0475. The molecule has 1 aromatic carbocycles. The van der Waals surface area contributed by atoms with Gasteiger partial charge in [-0.25, -0.2) is 4.39 Å². The molecule has 0 bridgehead atoms. The van der Waals surface area contributed by atoms with E-state index in [1.165, 1.54) is 12.1 Å². The third-order valence-corrected chi connectivity index (χ3v) is 2.61. The van der Waals surface area contributed by atoms with E-state index in [1.54, 1.807) is 13.0 Å². The predicted octanol–water partition coefficient (Wildman–Crippen LogP) is 2.72. The summed E-state index contributed by atoms with van der Waals surface area (Å²) in [6.07, 6.45) is 0.0475. The molecule has 0 saturated carbocycles. The molecule has 5 heteroatoms. The number of rotatable bonds is 4. The second-order valence-corrected chi connectivity index (χ2v) is 3.73. The SMILES string of the molecule is CCOC(=O)C(C#N)Cc1cccc(F)c1Cl. The van der Waals surface area contributed by atoms with Gasteiger partial charge < -0.3 is 4.74 Å². The minimum atomic E-state index is -0.964. The molecule has 0 spiro atoms. The maximum absolute atomic E-state index is 13.2. The van der Waals surface area contributed by atoms with E-state index < -0.39 is 17.7 Å². The summed E-state index contributed by atoms with van der Waals surface area (Å²) in [6, 6.07) is 6.11. The molecule has 0 aliphatic carbocycles. The summed E-state index contributed by atoms with van der Waals surface area (Å²) in [5.41, 5.74) is 0.422. The number of benzene rings is 1. The maximum atomic E-state index is 13.2. The number of hydrogen-bond acceptors (Lipinski definition) is 3. The quantitative estimate of drug-likeness (QED) is 0.778. The molecule has 3 nitrogen and oxygen atoms in total. The fourth-order valence-electron chi connectivity index (χ4n) is 1.35. The van der Waals surface area contributed by atoms with Gasteiger partial charge in [-0.3, -0.25) is 4.79 Å². The van der Waals surface area contributed by atoms with Crippen LogP contribution in [0.2, 0.25) is 5.02 Å². The van der Waals surface area contributed by atoms with Crippen LogP contribution in [0.5, 0.6) is 0 Å². The first-order valence-electron chi connectivity index (χ1n) is 5.09. The van der Waals surface area contributed by atoms with E-state index in [2.05, 4.69) is 0 Å². The van der Waals surface area contributed by atoms with Crippen molar-refractivity contribution in [3.63, 3.8) is 0 Å². The molecule has 1 unspecified atom stereocenters. The lowest BCUT2D eigenvalue weighted by molar-refractivity contribution is -0.145. The van der Waals surface area contributed by atoms with Gasteiger partial charge in [0, 0.05) is 6.42 Å². The van der Waals surface area contributed by atoms with E-state index in [-0.39, 0.29) is 18.1 Å². The highest BCUT2D eigenvalue weighted by Gasteiger charge is 2.21. The molecule has 0 aromatic heterocycles. The van der Waals surface area contributed by atoms with E-state index in [9.17, 15) is 9.18 Å². The Balaban J connectivity index is 2.85. The van der Waals surface area contributed by atoms with Gasteiger partial charge in [-0.15, -0.1) is 0 Å². The van der Waals surface area contributed by atoms with Crippen LogP contribution in [-0.4, -0.2) is 12.6 Å². The number of halogens is 2. The van der Waals surface area contributed by atoms with Crippen LogP contribution in [0.15, 0.2) is 18.2 Å². The molecule has 17 heavy (non-hydrogen) atoms. The first kappa shape index (κ1) is 13.5. The highest BCUT2D eigenvalue weighted by Crippen LogP contribution is 2.22. The van der Waals surface area contributed by atoms with Gasteiger partial charge in [0.25, 0.3) is 0 Å². The Hall–Kier alpha value is -1.60. The molecule has 1 aromatic rings. The van der Waals surface area contributed by atoms with E-state index in [0.29, 0.717) is 5.56 Å². The van der Waals surface area contributed by atoms with Crippen LogP contribution in [0.3, 0.4) is 0 Å². The first-order valence-corrected chi connectivity index (χ1v) is 5.47. The molecule has 1 atom stereocenters. The van der Waals surface area contributed by atoms with E-state index >= 15 is 0 Å². The van der Waals surface area contributed by atoms with E-state index in [1.807, 2.05) is 6.07 Å². The predicted molar refractivity (Wildman–Crippen MR) is 60.9 cm³/mol. The molecule has 90 valence electrons. The Morgan fingerprint density at radius 2 is 2.35 bits per heavy atom. The van der Waals surface area contributed by atoms with Crippen LogP contribution in [0.4, 0.5) is 4.39 Å². The maximum Gasteiger partial charge on any atom is 0.323 e. The van der Waals surface area contributed by atoms with Crippen molar-refractivity contribution in [3.8, 4) is 6.07 Å². The van der Waals surface area contributed by atoms with Crippen molar-refractivity contribution < 1.29 is 13.9 Å². The highest BCUT2D eigenvalue weighted by molar-refractivity contribution is 6.31. The highest BCUT2D eigenvalue weighted by atomic mass is 35.5. The molecule has 0 aliphatic heterocycles. The second-order valence-electron chi connectivity index (χ2n) is 3.35. The number of esters is 1. The van der Waals surface area contributed by atoms with E-state index in [0.717, 1.165) is 0 Å². The number of nitrogens with zero attached hydrogens (tertiary/aromatic N) is 1. The Kier molecular flexibility index (Phi) is 4.92. The molecule has 0 saturated heterocycles. The lowest BCUT2D eigenvalue weighted by Crippen LogP contribution is -2.18. The summed E-state index contributed by atoms with van der Waals surface area (Å²) in [6.45, 7) is 1.86. The molecule has 0 radical (unpaired) electrons. The monoisotopic (exact) mass is 255 g/mol. The molecule has 0 heterocycles. The Labute approximate surface area is 104 Å². The summed E-state index contributed by atoms with van der Waals surface area (Å²) in [5.74, 6) is -2.14. The summed E-state index contributed by atoms with van der Waals surface area (Å²) < 4.78 is 17.9. The van der Waals surface area contributed by atoms with Crippen LogP contribution >= 0.6 is 11.6 Å². The fourth-order valence-corrected chi connectivity index (χ4v) is 1.55. The van der Waals surface area contributed by atoms with Crippen molar-refractivity contribution in [2.75, 3.05) is 6.61 Å². The zero-order chi connectivity index (χ0) is 12.8. The third kappa shape index (κ3) is 3.43. The fraction of sp³-hybridized carbons (Fsp3) is 0.333. The number of hydrogen-bond donors (Lipinski definition) is 0. The average molecular weight is 256 g/mol. The summed E-state index contributed by atoms with van der Waals surface area (Å²) >= 11 is 5.74. The number of ether oxygens (including phenoxy) is 1. The Morgan fingerprint density at radius 3 is 2.94 bits per heavy atom. The van der Waals surface area contributed by atoms with Crippen molar-refractivity contribution >= 4 is 17.6 Å². The van der Waals surface area contributed by atoms with Crippen molar-refractivity contribution in [1.29, 1.82) is 5.26 Å². The van der Waals surface area contributed by atoms with Gasteiger partial charge in [0.2, 0.25) is 0 Å². The normalized spacial score (nSPS) is 11.6.